The van der Waals surface area contributed by atoms with Crippen molar-refractivity contribution in [3.63, 3.8) is 0 Å². The predicted molar refractivity (Wildman–Crippen MR) is 121 cm³/mol. The first-order valence-electron chi connectivity index (χ1n) is 10.7. The van der Waals surface area contributed by atoms with Crippen LogP contribution in [-0.2, 0) is 13.0 Å². The van der Waals surface area contributed by atoms with Gasteiger partial charge in [0.15, 0.2) is 0 Å². The Morgan fingerprint density at radius 3 is 2.65 bits per heavy atom. The Labute approximate surface area is 181 Å². The van der Waals surface area contributed by atoms with Crippen LogP contribution in [0.2, 0.25) is 0 Å². The molecule has 0 radical (unpaired) electrons. The van der Waals surface area contributed by atoms with Gasteiger partial charge in [-0.25, -0.2) is 9.97 Å². The summed E-state index contributed by atoms with van der Waals surface area (Å²) in [6.07, 6.45) is 3.36. The van der Waals surface area contributed by atoms with Gasteiger partial charge < -0.3 is 15.2 Å². The molecule has 0 unspecified atom stereocenters. The number of anilines is 1. The van der Waals surface area contributed by atoms with E-state index in [0.29, 0.717) is 17.8 Å². The molecule has 162 valence electrons. The maximum absolute atomic E-state index is 12.2. The summed E-state index contributed by atoms with van der Waals surface area (Å²) in [5, 5.41) is 2.59. The minimum absolute atomic E-state index is 0.0869. The molecule has 3 aromatic rings. The summed E-state index contributed by atoms with van der Waals surface area (Å²) < 4.78 is 0. The summed E-state index contributed by atoms with van der Waals surface area (Å²) in [7, 11) is 1.60. The van der Waals surface area contributed by atoms with Gasteiger partial charge in [-0.3, -0.25) is 14.5 Å². The largest absolute Gasteiger partial charge is 0.368 e. The lowest BCUT2D eigenvalue weighted by atomic mass is 10.1. The van der Waals surface area contributed by atoms with E-state index in [1.807, 2.05) is 25.1 Å². The van der Waals surface area contributed by atoms with Gasteiger partial charge >= 0.3 is 0 Å². The molecule has 0 bridgehead atoms. The minimum atomic E-state index is -0.176. The van der Waals surface area contributed by atoms with Crippen molar-refractivity contribution in [3.05, 3.63) is 63.8 Å². The third kappa shape index (κ3) is 4.74. The summed E-state index contributed by atoms with van der Waals surface area (Å²) in [5.41, 5.74) is 4.78. The van der Waals surface area contributed by atoms with Crippen molar-refractivity contribution in [1.29, 1.82) is 0 Å². The molecule has 2 aromatic heterocycles. The van der Waals surface area contributed by atoms with Crippen molar-refractivity contribution in [2.75, 3.05) is 38.1 Å². The Bertz CT molecular complexity index is 1120. The van der Waals surface area contributed by atoms with Gasteiger partial charge in [-0.2, -0.15) is 0 Å². The van der Waals surface area contributed by atoms with Crippen LogP contribution in [0, 0.1) is 0 Å². The van der Waals surface area contributed by atoms with Gasteiger partial charge in [-0.05, 0) is 36.2 Å². The van der Waals surface area contributed by atoms with Crippen molar-refractivity contribution in [1.82, 2.24) is 25.2 Å². The number of fused-ring (bicyclic) bond motifs is 1. The smallest absolute Gasteiger partial charge is 0.270 e. The van der Waals surface area contributed by atoms with Crippen molar-refractivity contribution >= 4 is 22.6 Å². The summed E-state index contributed by atoms with van der Waals surface area (Å²) in [6, 6.07) is 9.84. The second-order valence-electron chi connectivity index (χ2n) is 7.86. The Morgan fingerprint density at radius 2 is 1.97 bits per heavy atom. The number of H-pyrrole nitrogens is 1. The Balaban J connectivity index is 1.38. The van der Waals surface area contributed by atoms with E-state index in [2.05, 4.69) is 36.1 Å². The van der Waals surface area contributed by atoms with E-state index in [4.69, 9.17) is 0 Å². The van der Waals surface area contributed by atoms with Gasteiger partial charge in [0.2, 0.25) is 0 Å². The molecule has 1 amide bonds. The molecule has 1 saturated heterocycles. The van der Waals surface area contributed by atoms with Crippen molar-refractivity contribution in [2.45, 2.75) is 26.3 Å². The lowest BCUT2D eigenvalue weighted by molar-refractivity contribution is 0.0958. The van der Waals surface area contributed by atoms with E-state index in [1.165, 1.54) is 5.56 Å². The zero-order chi connectivity index (χ0) is 21.8. The highest BCUT2D eigenvalue weighted by atomic mass is 16.1. The van der Waals surface area contributed by atoms with E-state index in [1.54, 1.807) is 19.3 Å². The van der Waals surface area contributed by atoms with Crippen LogP contribution in [0.3, 0.4) is 0 Å². The highest BCUT2D eigenvalue weighted by Gasteiger charge is 2.18. The number of aromatic nitrogens is 3. The molecule has 31 heavy (non-hydrogen) atoms. The molecule has 2 N–H and O–H groups in total. The number of amides is 1. The van der Waals surface area contributed by atoms with Crippen molar-refractivity contribution in [3.8, 4) is 0 Å². The Kier molecular flexibility index (Phi) is 6.27. The molecule has 4 rings (SSSR count). The standard InChI is InChI=1S/C23H28N6O2/c1-3-4-20-23(31)27-21-13-16(5-7-18(21)26-20)15-28-9-11-29(12-10-28)17-6-8-19(25-14-17)22(30)24-2/h5-8,13-14H,3-4,9-12,15H2,1-2H3,(H,24,30)(H,27,31). The number of hydrogen-bond donors (Lipinski definition) is 2. The number of nitrogens with zero attached hydrogens (tertiary/aromatic N) is 4. The monoisotopic (exact) mass is 420 g/mol. The molecule has 1 aliphatic heterocycles. The van der Waals surface area contributed by atoms with Crippen molar-refractivity contribution < 1.29 is 4.79 Å². The van der Waals surface area contributed by atoms with E-state index in [-0.39, 0.29) is 11.5 Å². The molecule has 8 heteroatoms. The van der Waals surface area contributed by atoms with Crippen LogP contribution in [0.1, 0.15) is 35.1 Å². The normalized spacial score (nSPS) is 14.7. The van der Waals surface area contributed by atoms with Gasteiger partial charge in [-0.15, -0.1) is 0 Å². The number of pyridine rings is 1. The molecule has 1 aromatic carbocycles. The molecule has 0 saturated carbocycles. The summed E-state index contributed by atoms with van der Waals surface area (Å²) in [6.45, 7) is 6.53. The third-order valence-electron chi connectivity index (χ3n) is 5.66. The average Bonchev–Trinajstić information content (AvgIpc) is 2.80. The number of rotatable bonds is 6. The Morgan fingerprint density at radius 1 is 1.16 bits per heavy atom. The fourth-order valence-electron chi connectivity index (χ4n) is 3.93. The molecular weight excluding hydrogens is 392 g/mol. The molecule has 1 aliphatic rings. The van der Waals surface area contributed by atoms with Crippen LogP contribution >= 0.6 is 0 Å². The van der Waals surface area contributed by atoms with Gasteiger partial charge in [0, 0.05) is 39.8 Å². The lowest BCUT2D eigenvalue weighted by Crippen LogP contribution is -2.46. The molecule has 0 aliphatic carbocycles. The molecule has 8 nitrogen and oxygen atoms in total. The third-order valence-corrected chi connectivity index (χ3v) is 5.66. The Hall–Kier alpha value is -3.26. The highest BCUT2D eigenvalue weighted by molar-refractivity contribution is 5.92. The fourth-order valence-corrected chi connectivity index (χ4v) is 3.93. The zero-order valence-corrected chi connectivity index (χ0v) is 18.0. The molecule has 3 heterocycles. The first-order chi connectivity index (χ1) is 15.1. The second kappa shape index (κ2) is 9.26. The zero-order valence-electron chi connectivity index (χ0n) is 18.0. The molecule has 0 spiro atoms. The number of nitrogens with one attached hydrogen (secondary N) is 2. The first-order valence-corrected chi connectivity index (χ1v) is 10.7. The number of aryl methyl sites for hydroxylation is 1. The number of piperazine rings is 1. The average molecular weight is 421 g/mol. The number of aromatic amines is 1. The van der Waals surface area contributed by atoms with Crippen LogP contribution in [0.5, 0.6) is 0 Å². The topological polar surface area (TPSA) is 94.2 Å². The van der Waals surface area contributed by atoms with E-state index < -0.39 is 0 Å². The molecule has 0 atom stereocenters. The maximum Gasteiger partial charge on any atom is 0.270 e. The highest BCUT2D eigenvalue weighted by Crippen LogP contribution is 2.18. The second-order valence-corrected chi connectivity index (χ2v) is 7.86. The SMILES string of the molecule is CCCc1nc2ccc(CN3CCN(c4ccc(C(=O)NC)nc4)CC3)cc2[nH]c1=O. The van der Waals surface area contributed by atoms with E-state index >= 15 is 0 Å². The molecule has 1 fully saturated rings. The van der Waals surface area contributed by atoms with Crippen LogP contribution in [0.4, 0.5) is 5.69 Å². The maximum atomic E-state index is 12.2. The summed E-state index contributed by atoms with van der Waals surface area (Å²) >= 11 is 0. The van der Waals surface area contributed by atoms with Crippen LogP contribution in [-0.4, -0.2) is 59.0 Å². The fraction of sp³-hybridized carbons (Fsp3) is 0.391. The van der Waals surface area contributed by atoms with Crippen molar-refractivity contribution in [2.24, 2.45) is 0 Å². The van der Waals surface area contributed by atoms with Crippen LogP contribution < -0.4 is 15.8 Å². The molecular formula is C23H28N6O2. The minimum Gasteiger partial charge on any atom is -0.368 e. The number of carbonyl (C=O) groups is 1. The van der Waals surface area contributed by atoms with Gasteiger partial charge in [0.1, 0.15) is 11.4 Å². The van der Waals surface area contributed by atoms with Gasteiger partial charge in [0.05, 0.1) is 22.9 Å². The first kappa shape index (κ1) is 21.0. The lowest BCUT2D eigenvalue weighted by Gasteiger charge is -2.36. The van der Waals surface area contributed by atoms with Gasteiger partial charge in [-0.1, -0.05) is 19.4 Å². The predicted octanol–water partition coefficient (Wildman–Crippen LogP) is 1.95. The van der Waals surface area contributed by atoms with E-state index in [9.17, 15) is 9.59 Å². The number of carbonyl (C=O) groups excluding carboxylic acids is 1. The summed E-state index contributed by atoms with van der Waals surface area (Å²) in [4.78, 5) is 40.3. The quantitative estimate of drug-likeness (QED) is 0.633. The van der Waals surface area contributed by atoms with Crippen LogP contribution in [0.25, 0.3) is 11.0 Å². The van der Waals surface area contributed by atoms with Crippen LogP contribution in [0.15, 0.2) is 41.3 Å². The van der Waals surface area contributed by atoms with Gasteiger partial charge in [0.25, 0.3) is 11.5 Å². The summed E-state index contributed by atoms with van der Waals surface area (Å²) in [5.74, 6) is -0.176. The number of hydrogen-bond acceptors (Lipinski definition) is 6. The number of benzene rings is 1. The van der Waals surface area contributed by atoms with E-state index in [0.717, 1.165) is 55.9 Å².